The van der Waals surface area contributed by atoms with Gasteiger partial charge in [0.2, 0.25) is 5.91 Å². The summed E-state index contributed by atoms with van der Waals surface area (Å²) in [6.07, 6.45) is 10.0. The molecule has 1 aliphatic carbocycles. The number of amides is 2. The average molecular weight is 399 g/mol. The van der Waals surface area contributed by atoms with E-state index in [-0.39, 0.29) is 23.3 Å². The maximum atomic E-state index is 12.8. The van der Waals surface area contributed by atoms with Gasteiger partial charge in [-0.2, -0.15) is 0 Å². The van der Waals surface area contributed by atoms with Crippen LogP contribution in [0.4, 0.5) is 0 Å². The molecule has 2 amide bonds. The van der Waals surface area contributed by atoms with Gasteiger partial charge in [-0.1, -0.05) is 65.0 Å². The Morgan fingerprint density at radius 3 is 2.17 bits per heavy atom. The van der Waals surface area contributed by atoms with Crippen LogP contribution in [0.5, 0.6) is 0 Å². The zero-order valence-corrected chi connectivity index (χ0v) is 18.5. The van der Waals surface area contributed by atoms with Crippen LogP contribution >= 0.6 is 0 Å². The van der Waals surface area contributed by atoms with Gasteiger partial charge in [0.1, 0.15) is 0 Å². The SMILES string of the molecule is CC(C)(C)c1ccc(C(=O)N2CCC(NC(=O)CCC3CCCCC3)CC2)cc1. The number of hydrogen-bond donors (Lipinski definition) is 1. The summed E-state index contributed by atoms with van der Waals surface area (Å²) in [5.74, 6) is 1.05. The lowest BCUT2D eigenvalue weighted by molar-refractivity contribution is -0.122. The number of carbonyl (C=O) groups is 2. The molecule has 1 heterocycles. The molecular weight excluding hydrogens is 360 g/mol. The summed E-state index contributed by atoms with van der Waals surface area (Å²) in [7, 11) is 0. The fourth-order valence-corrected chi connectivity index (χ4v) is 4.63. The van der Waals surface area contributed by atoms with Crippen LogP contribution in [-0.2, 0) is 10.2 Å². The van der Waals surface area contributed by atoms with Crippen molar-refractivity contribution in [3.05, 3.63) is 35.4 Å². The van der Waals surface area contributed by atoms with Crippen LogP contribution in [0.25, 0.3) is 0 Å². The van der Waals surface area contributed by atoms with E-state index < -0.39 is 0 Å². The van der Waals surface area contributed by atoms with E-state index in [0.29, 0.717) is 19.5 Å². The van der Waals surface area contributed by atoms with Gasteiger partial charge in [0.25, 0.3) is 5.91 Å². The van der Waals surface area contributed by atoms with Gasteiger partial charge in [-0.05, 0) is 48.3 Å². The summed E-state index contributed by atoms with van der Waals surface area (Å²) in [6.45, 7) is 7.97. The number of carbonyl (C=O) groups excluding carboxylic acids is 2. The van der Waals surface area contributed by atoms with E-state index in [9.17, 15) is 9.59 Å². The number of piperidine rings is 1. The number of benzene rings is 1. The Morgan fingerprint density at radius 2 is 1.59 bits per heavy atom. The van der Waals surface area contributed by atoms with E-state index in [0.717, 1.165) is 30.7 Å². The van der Waals surface area contributed by atoms with Gasteiger partial charge in [0.05, 0.1) is 0 Å². The molecule has 0 atom stereocenters. The minimum absolute atomic E-state index is 0.0924. The summed E-state index contributed by atoms with van der Waals surface area (Å²) >= 11 is 0. The highest BCUT2D eigenvalue weighted by Gasteiger charge is 2.25. The molecule has 0 bridgehead atoms. The van der Waals surface area contributed by atoms with Gasteiger partial charge >= 0.3 is 0 Å². The van der Waals surface area contributed by atoms with Gasteiger partial charge in [0, 0.05) is 31.1 Å². The molecule has 160 valence electrons. The number of likely N-dealkylation sites (tertiary alicyclic amines) is 1. The van der Waals surface area contributed by atoms with Crippen molar-refractivity contribution in [2.75, 3.05) is 13.1 Å². The summed E-state index contributed by atoms with van der Waals surface area (Å²) in [5.41, 5.74) is 2.09. The first-order chi connectivity index (χ1) is 13.8. The predicted octanol–water partition coefficient (Wildman–Crippen LogP) is 5.07. The summed E-state index contributed by atoms with van der Waals surface area (Å²) < 4.78 is 0. The number of nitrogens with one attached hydrogen (secondary N) is 1. The van der Waals surface area contributed by atoms with E-state index in [1.165, 1.54) is 37.7 Å². The molecular formula is C25H38N2O2. The second kappa shape index (κ2) is 9.77. The van der Waals surface area contributed by atoms with Crippen molar-refractivity contribution in [2.24, 2.45) is 5.92 Å². The van der Waals surface area contributed by atoms with Gasteiger partial charge in [-0.3, -0.25) is 9.59 Å². The zero-order valence-electron chi connectivity index (χ0n) is 18.5. The van der Waals surface area contributed by atoms with E-state index >= 15 is 0 Å². The lowest BCUT2D eigenvalue weighted by atomic mass is 9.86. The molecule has 4 heteroatoms. The third kappa shape index (κ3) is 6.32. The molecule has 1 aromatic carbocycles. The highest BCUT2D eigenvalue weighted by atomic mass is 16.2. The molecule has 29 heavy (non-hydrogen) atoms. The maximum Gasteiger partial charge on any atom is 0.253 e. The van der Waals surface area contributed by atoms with Crippen LogP contribution in [0.15, 0.2) is 24.3 Å². The molecule has 0 unspecified atom stereocenters. The van der Waals surface area contributed by atoms with Crippen LogP contribution < -0.4 is 5.32 Å². The van der Waals surface area contributed by atoms with Gasteiger partial charge in [0.15, 0.2) is 0 Å². The monoisotopic (exact) mass is 398 g/mol. The molecule has 0 spiro atoms. The predicted molar refractivity (Wildman–Crippen MR) is 118 cm³/mol. The number of hydrogen-bond acceptors (Lipinski definition) is 2. The quantitative estimate of drug-likeness (QED) is 0.753. The Morgan fingerprint density at radius 1 is 0.966 bits per heavy atom. The largest absolute Gasteiger partial charge is 0.353 e. The lowest BCUT2D eigenvalue weighted by Gasteiger charge is -2.32. The summed E-state index contributed by atoms with van der Waals surface area (Å²) in [6, 6.07) is 8.23. The molecule has 1 N–H and O–H groups in total. The highest BCUT2D eigenvalue weighted by Crippen LogP contribution is 2.27. The Hall–Kier alpha value is -1.84. The molecule has 1 saturated heterocycles. The molecule has 2 aliphatic rings. The third-order valence-electron chi connectivity index (χ3n) is 6.65. The molecule has 3 rings (SSSR count). The van der Waals surface area contributed by atoms with Crippen LogP contribution in [0.2, 0.25) is 0 Å². The maximum absolute atomic E-state index is 12.8. The molecule has 0 radical (unpaired) electrons. The lowest BCUT2D eigenvalue weighted by Crippen LogP contribution is -2.46. The van der Waals surface area contributed by atoms with Crippen LogP contribution in [0.1, 0.15) is 94.5 Å². The Kier molecular flexibility index (Phi) is 7.37. The van der Waals surface area contributed by atoms with E-state index in [1.807, 2.05) is 17.0 Å². The molecule has 1 aliphatic heterocycles. The first-order valence-electron chi connectivity index (χ1n) is 11.5. The van der Waals surface area contributed by atoms with E-state index in [4.69, 9.17) is 0 Å². The van der Waals surface area contributed by atoms with Crippen molar-refractivity contribution in [1.29, 1.82) is 0 Å². The summed E-state index contributed by atoms with van der Waals surface area (Å²) in [5, 5.41) is 3.20. The smallest absolute Gasteiger partial charge is 0.253 e. The fraction of sp³-hybridized carbons (Fsp3) is 0.680. The van der Waals surface area contributed by atoms with Crippen molar-refractivity contribution in [3.8, 4) is 0 Å². The van der Waals surface area contributed by atoms with Gasteiger partial charge < -0.3 is 10.2 Å². The highest BCUT2D eigenvalue weighted by molar-refractivity contribution is 5.94. The zero-order chi connectivity index (χ0) is 20.9. The van der Waals surface area contributed by atoms with Crippen LogP contribution in [0, 0.1) is 5.92 Å². The van der Waals surface area contributed by atoms with Crippen LogP contribution in [0.3, 0.4) is 0 Å². The minimum Gasteiger partial charge on any atom is -0.353 e. The molecule has 4 nitrogen and oxygen atoms in total. The first kappa shape index (κ1) is 21.9. The Bertz CT molecular complexity index is 676. The Balaban J connectivity index is 1.41. The molecule has 2 fully saturated rings. The summed E-state index contributed by atoms with van der Waals surface area (Å²) in [4.78, 5) is 27.0. The number of rotatable bonds is 5. The van der Waals surface area contributed by atoms with Crippen molar-refractivity contribution in [2.45, 2.75) is 90.0 Å². The normalized spacial score (nSPS) is 19.2. The third-order valence-corrected chi connectivity index (χ3v) is 6.65. The molecule has 1 saturated carbocycles. The van der Waals surface area contributed by atoms with Crippen molar-refractivity contribution in [3.63, 3.8) is 0 Å². The standard InChI is InChI=1S/C25H38N2O2/c1-25(2,3)21-12-10-20(11-13-21)24(29)27-17-15-22(16-18-27)26-23(28)14-9-19-7-5-4-6-8-19/h10-13,19,22H,4-9,14-18H2,1-3H3,(H,26,28). The second-order valence-corrected chi connectivity index (χ2v) is 10.0. The number of nitrogens with zero attached hydrogens (tertiary/aromatic N) is 1. The second-order valence-electron chi connectivity index (χ2n) is 10.0. The van der Waals surface area contributed by atoms with E-state index in [2.05, 4.69) is 38.2 Å². The molecule has 0 aromatic heterocycles. The topological polar surface area (TPSA) is 49.4 Å². The molecule has 1 aromatic rings. The van der Waals surface area contributed by atoms with Crippen molar-refractivity contribution >= 4 is 11.8 Å². The Labute approximate surface area is 176 Å². The minimum atomic E-state index is 0.0924. The van der Waals surface area contributed by atoms with Gasteiger partial charge in [-0.25, -0.2) is 0 Å². The van der Waals surface area contributed by atoms with Crippen molar-refractivity contribution in [1.82, 2.24) is 10.2 Å². The van der Waals surface area contributed by atoms with E-state index in [1.54, 1.807) is 0 Å². The van der Waals surface area contributed by atoms with Gasteiger partial charge in [-0.15, -0.1) is 0 Å². The first-order valence-corrected chi connectivity index (χ1v) is 11.5. The average Bonchev–Trinajstić information content (AvgIpc) is 2.72. The van der Waals surface area contributed by atoms with Crippen molar-refractivity contribution < 1.29 is 9.59 Å². The fourth-order valence-electron chi connectivity index (χ4n) is 4.63. The van der Waals surface area contributed by atoms with Crippen LogP contribution in [-0.4, -0.2) is 35.8 Å².